The van der Waals surface area contributed by atoms with Crippen LogP contribution in [-0.4, -0.2) is 65.6 Å². The molecule has 1 saturated carbocycles. The molecular formula is C25H36N4O3. The van der Waals surface area contributed by atoms with E-state index < -0.39 is 0 Å². The van der Waals surface area contributed by atoms with Gasteiger partial charge in [-0.05, 0) is 75.8 Å². The molecule has 4 fully saturated rings. The third-order valence-corrected chi connectivity index (χ3v) is 8.34. The zero-order valence-electron chi connectivity index (χ0n) is 19.3. The number of aliphatic hydroxyl groups excluding tert-OH is 1. The number of anilines is 2. The van der Waals surface area contributed by atoms with E-state index in [1.165, 1.54) is 0 Å². The molecule has 32 heavy (non-hydrogen) atoms. The van der Waals surface area contributed by atoms with Crippen molar-refractivity contribution in [1.82, 2.24) is 9.88 Å². The highest BCUT2D eigenvalue weighted by atomic mass is 16.3. The molecule has 7 nitrogen and oxygen atoms in total. The van der Waals surface area contributed by atoms with E-state index in [4.69, 9.17) is 4.98 Å². The Morgan fingerprint density at radius 2 is 1.78 bits per heavy atom. The summed E-state index contributed by atoms with van der Waals surface area (Å²) in [5.41, 5.74) is 1.80. The number of nitrogens with zero attached hydrogens (tertiary/aromatic N) is 4. The topological polar surface area (TPSA) is 77.0 Å². The fraction of sp³-hybridized carbons (Fsp3) is 0.720. The summed E-state index contributed by atoms with van der Waals surface area (Å²) >= 11 is 0. The lowest BCUT2D eigenvalue weighted by Gasteiger charge is -2.39. The molecule has 2 amide bonds. The molecule has 0 bridgehead atoms. The van der Waals surface area contributed by atoms with Crippen LogP contribution < -0.4 is 9.80 Å². The van der Waals surface area contributed by atoms with Crippen LogP contribution in [0.2, 0.25) is 0 Å². The first-order valence-corrected chi connectivity index (χ1v) is 12.4. The van der Waals surface area contributed by atoms with Gasteiger partial charge in [0.2, 0.25) is 11.8 Å². The van der Waals surface area contributed by atoms with Gasteiger partial charge in [0.15, 0.2) is 0 Å². The number of piperidine rings is 1. The van der Waals surface area contributed by atoms with Crippen LogP contribution in [0, 0.1) is 18.3 Å². The van der Waals surface area contributed by atoms with E-state index in [1.807, 2.05) is 11.1 Å². The monoisotopic (exact) mass is 440 g/mol. The number of likely N-dealkylation sites (tertiary alicyclic amines) is 1. The maximum Gasteiger partial charge on any atom is 0.229 e. The van der Waals surface area contributed by atoms with Gasteiger partial charge in [-0.2, -0.15) is 0 Å². The Hall–Kier alpha value is -2.15. The SMILES string of the molecule is Cc1cc(N2CCCC2=O)cnc1N1CCC2(CCN(CC3CCC(O)CC3)C2=O)CC1. The molecule has 1 aliphatic carbocycles. The summed E-state index contributed by atoms with van der Waals surface area (Å²) in [5, 5.41) is 9.75. The first-order chi connectivity index (χ1) is 15.4. The summed E-state index contributed by atoms with van der Waals surface area (Å²) in [7, 11) is 0. The van der Waals surface area contributed by atoms with Gasteiger partial charge < -0.3 is 19.8 Å². The number of hydrogen-bond donors (Lipinski definition) is 1. The first kappa shape index (κ1) is 21.7. The molecule has 4 aliphatic rings. The van der Waals surface area contributed by atoms with Crippen LogP contribution in [0.25, 0.3) is 0 Å². The largest absolute Gasteiger partial charge is 0.393 e. The van der Waals surface area contributed by atoms with Crippen LogP contribution in [-0.2, 0) is 9.59 Å². The minimum absolute atomic E-state index is 0.141. The zero-order valence-corrected chi connectivity index (χ0v) is 19.3. The number of aryl methyl sites for hydroxylation is 1. The Bertz CT molecular complexity index is 872. The number of carbonyl (C=O) groups excluding carboxylic acids is 2. The third kappa shape index (κ3) is 4.00. The average Bonchev–Trinajstić information content (AvgIpc) is 3.35. The number of pyridine rings is 1. The van der Waals surface area contributed by atoms with Crippen molar-refractivity contribution < 1.29 is 14.7 Å². The van der Waals surface area contributed by atoms with Crippen molar-refractivity contribution >= 4 is 23.3 Å². The minimum atomic E-state index is -0.194. The molecule has 1 N–H and O–H groups in total. The van der Waals surface area contributed by atoms with E-state index in [-0.39, 0.29) is 17.4 Å². The fourth-order valence-corrected chi connectivity index (χ4v) is 6.27. The van der Waals surface area contributed by atoms with E-state index in [0.29, 0.717) is 18.2 Å². The second kappa shape index (κ2) is 8.65. The van der Waals surface area contributed by atoms with Crippen LogP contribution in [0.5, 0.6) is 0 Å². The smallest absolute Gasteiger partial charge is 0.229 e. The van der Waals surface area contributed by atoms with Crippen molar-refractivity contribution in [3.05, 3.63) is 17.8 Å². The average molecular weight is 441 g/mol. The summed E-state index contributed by atoms with van der Waals surface area (Å²) in [6, 6.07) is 2.08. The lowest BCUT2D eigenvalue weighted by atomic mass is 9.77. The predicted molar refractivity (Wildman–Crippen MR) is 124 cm³/mol. The Balaban J connectivity index is 1.19. The molecular weight excluding hydrogens is 404 g/mol. The lowest BCUT2D eigenvalue weighted by molar-refractivity contribution is -0.137. The number of hydrogen-bond acceptors (Lipinski definition) is 5. The Labute approximate surface area is 190 Å². The standard InChI is InChI=1S/C25H36N4O3/c1-18-15-20(29-11-2-3-22(29)31)16-26-23(18)27-12-8-25(9-13-27)10-14-28(24(25)32)17-19-4-6-21(30)7-5-19/h15-16,19,21,30H,2-14,17H2,1H3. The van der Waals surface area contributed by atoms with Crippen LogP contribution in [0.15, 0.2) is 12.3 Å². The molecule has 3 aliphatic heterocycles. The Morgan fingerprint density at radius 3 is 2.44 bits per heavy atom. The molecule has 1 aromatic heterocycles. The van der Waals surface area contributed by atoms with Crippen molar-refractivity contribution in [1.29, 1.82) is 0 Å². The van der Waals surface area contributed by atoms with Crippen molar-refractivity contribution in [3.63, 3.8) is 0 Å². The summed E-state index contributed by atoms with van der Waals surface area (Å²) in [5.74, 6) is 2.08. The normalized spacial score (nSPS) is 28.2. The van der Waals surface area contributed by atoms with E-state index >= 15 is 0 Å². The van der Waals surface area contributed by atoms with Gasteiger partial charge in [0.1, 0.15) is 5.82 Å². The maximum atomic E-state index is 13.4. The molecule has 0 aromatic carbocycles. The molecule has 0 radical (unpaired) electrons. The Morgan fingerprint density at radius 1 is 1.06 bits per heavy atom. The molecule has 1 aromatic rings. The van der Waals surface area contributed by atoms with Gasteiger partial charge in [-0.15, -0.1) is 0 Å². The third-order valence-electron chi connectivity index (χ3n) is 8.34. The van der Waals surface area contributed by atoms with E-state index in [9.17, 15) is 14.7 Å². The van der Waals surface area contributed by atoms with E-state index in [1.54, 1.807) is 0 Å². The van der Waals surface area contributed by atoms with Gasteiger partial charge in [-0.1, -0.05) is 0 Å². The Kier molecular flexibility index (Phi) is 5.86. The molecule has 5 rings (SSSR count). The molecule has 7 heteroatoms. The second-order valence-corrected chi connectivity index (χ2v) is 10.4. The van der Waals surface area contributed by atoms with E-state index in [2.05, 4.69) is 22.8 Å². The quantitative estimate of drug-likeness (QED) is 0.779. The van der Waals surface area contributed by atoms with Gasteiger partial charge >= 0.3 is 0 Å². The molecule has 174 valence electrons. The first-order valence-electron chi connectivity index (χ1n) is 12.4. The molecule has 0 unspecified atom stereocenters. The van der Waals surface area contributed by atoms with Gasteiger partial charge in [0.05, 0.1) is 23.4 Å². The van der Waals surface area contributed by atoms with Crippen molar-refractivity contribution in [2.24, 2.45) is 11.3 Å². The maximum absolute atomic E-state index is 13.4. The predicted octanol–water partition coefficient (Wildman–Crippen LogP) is 2.89. The molecule has 3 saturated heterocycles. The zero-order chi connectivity index (χ0) is 22.3. The van der Waals surface area contributed by atoms with Crippen LogP contribution >= 0.6 is 0 Å². The number of carbonyl (C=O) groups is 2. The van der Waals surface area contributed by atoms with Gasteiger partial charge in [0, 0.05) is 39.1 Å². The summed E-state index contributed by atoms with van der Waals surface area (Å²) < 4.78 is 0. The van der Waals surface area contributed by atoms with Crippen LogP contribution in [0.1, 0.15) is 63.4 Å². The second-order valence-electron chi connectivity index (χ2n) is 10.4. The van der Waals surface area contributed by atoms with Crippen LogP contribution in [0.3, 0.4) is 0 Å². The summed E-state index contributed by atoms with van der Waals surface area (Å²) in [6.07, 6.45) is 9.82. The molecule has 0 atom stereocenters. The summed E-state index contributed by atoms with van der Waals surface area (Å²) in [6.45, 7) is 6.31. The number of amides is 2. The summed E-state index contributed by atoms with van der Waals surface area (Å²) in [4.78, 5) is 36.4. The van der Waals surface area contributed by atoms with Crippen molar-refractivity contribution in [2.75, 3.05) is 42.5 Å². The van der Waals surface area contributed by atoms with Gasteiger partial charge in [-0.3, -0.25) is 9.59 Å². The fourth-order valence-electron chi connectivity index (χ4n) is 6.27. The highest BCUT2D eigenvalue weighted by Crippen LogP contribution is 2.43. The highest BCUT2D eigenvalue weighted by Gasteiger charge is 2.48. The van der Waals surface area contributed by atoms with E-state index in [0.717, 1.165) is 101 Å². The van der Waals surface area contributed by atoms with Crippen molar-refractivity contribution in [2.45, 2.75) is 70.8 Å². The lowest BCUT2D eigenvalue weighted by Crippen LogP contribution is -2.46. The van der Waals surface area contributed by atoms with Gasteiger partial charge in [0.25, 0.3) is 0 Å². The highest BCUT2D eigenvalue weighted by molar-refractivity contribution is 5.95. The van der Waals surface area contributed by atoms with Crippen LogP contribution in [0.4, 0.5) is 11.5 Å². The van der Waals surface area contributed by atoms with Crippen molar-refractivity contribution in [3.8, 4) is 0 Å². The number of aliphatic hydroxyl groups is 1. The minimum Gasteiger partial charge on any atom is -0.393 e. The number of aromatic nitrogens is 1. The van der Waals surface area contributed by atoms with Gasteiger partial charge in [-0.25, -0.2) is 4.98 Å². The molecule has 1 spiro atoms. The number of rotatable bonds is 4. The molecule has 4 heterocycles.